The maximum absolute atomic E-state index is 9.08. The Morgan fingerprint density at radius 2 is 2.00 bits per heavy atom. The standard InChI is InChI=1S/C10H9N3OS/c1-7-12-13-10(15-7)11-6-8-2-4-9(14)5-3-8/h2-6,14H,1H3. The van der Waals surface area contributed by atoms with Crippen LogP contribution in [-0.2, 0) is 0 Å². The predicted octanol–water partition coefficient (Wildman–Crippen LogP) is 2.30. The van der Waals surface area contributed by atoms with Gasteiger partial charge < -0.3 is 5.11 Å². The van der Waals surface area contributed by atoms with E-state index in [4.69, 9.17) is 5.11 Å². The van der Waals surface area contributed by atoms with Crippen molar-refractivity contribution in [2.24, 2.45) is 4.99 Å². The number of aliphatic imine (C=N–C) groups is 1. The van der Waals surface area contributed by atoms with Crippen LogP contribution in [0, 0.1) is 6.92 Å². The van der Waals surface area contributed by atoms with Gasteiger partial charge in [0, 0.05) is 6.21 Å². The van der Waals surface area contributed by atoms with Gasteiger partial charge in [0.05, 0.1) is 0 Å². The Morgan fingerprint density at radius 3 is 2.60 bits per heavy atom. The van der Waals surface area contributed by atoms with E-state index in [0.29, 0.717) is 5.13 Å². The summed E-state index contributed by atoms with van der Waals surface area (Å²) < 4.78 is 0. The van der Waals surface area contributed by atoms with Crippen molar-refractivity contribution in [3.63, 3.8) is 0 Å². The van der Waals surface area contributed by atoms with Gasteiger partial charge in [0.2, 0.25) is 5.13 Å². The Hall–Kier alpha value is -1.75. The minimum Gasteiger partial charge on any atom is -0.508 e. The van der Waals surface area contributed by atoms with Crippen molar-refractivity contribution in [3.8, 4) is 5.75 Å². The highest BCUT2D eigenvalue weighted by molar-refractivity contribution is 7.14. The minimum atomic E-state index is 0.249. The Bertz CT molecular complexity index is 476. The average Bonchev–Trinajstić information content (AvgIpc) is 2.64. The maximum Gasteiger partial charge on any atom is 0.231 e. The molecule has 5 heteroatoms. The zero-order valence-electron chi connectivity index (χ0n) is 8.08. The van der Waals surface area contributed by atoms with Crippen molar-refractivity contribution >= 4 is 22.7 Å². The number of hydrogen-bond acceptors (Lipinski definition) is 5. The van der Waals surface area contributed by atoms with Crippen LogP contribution in [-0.4, -0.2) is 21.5 Å². The number of aromatic nitrogens is 2. The number of phenols is 1. The molecule has 0 bridgehead atoms. The molecular formula is C10H9N3OS. The number of aryl methyl sites for hydroxylation is 1. The van der Waals surface area contributed by atoms with E-state index < -0.39 is 0 Å². The second-order valence-electron chi connectivity index (χ2n) is 2.95. The molecule has 0 saturated heterocycles. The summed E-state index contributed by atoms with van der Waals surface area (Å²) in [4.78, 5) is 4.17. The van der Waals surface area contributed by atoms with Gasteiger partial charge in [0.1, 0.15) is 10.8 Å². The molecule has 76 valence electrons. The second-order valence-corrected chi connectivity index (χ2v) is 4.11. The number of benzene rings is 1. The van der Waals surface area contributed by atoms with E-state index in [-0.39, 0.29) is 5.75 Å². The molecule has 0 spiro atoms. The minimum absolute atomic E-state index is 0.249. The highest BCUT2D eigenvalue weighted by atomic mass is 32.1. The molecule has 0 saturated carbocycles. The third-order valence-electron chi connectivity index (χ3n) is 1.73. The number of nitrogens with zero attached hydrogens (tertiary/aromatic N) is 3. The molecular weight excluding hydrogens is 210 g/mol. The SMILES string of the molecule is Cc1nnc(N=Cc2ccc(O)cc2)s1. The summed E-state index contributed by atoms with van der Waals surface area (Å²) in [5.41, 5.74) is 0.917. The molecule has 15 heavy (non-hydrogen) atoms. The molecule has 0 fully saturated rings. The lowest BCUT2D eigenvalue weighted by Crippen LogP contribution is -1.78. The molecule has 0 unspecified atom stereocenters. The molecule has 2 rings (SSSR count). The van der Waals surface area contributed by atoms with Crippen molar-refractivity contribution in [1.29, 1.82) is 0 Å². The number of rotatable bonds is 2. The molecule has 1 N–H and O–H groups in total. The van der Waals surface area contributed by atoms with E-state index in [1.165, 1.54) is 11.3 Å². The maximum atomic E-state index is 9.08. The highest BCUT2D eigenvalue weighted by Gasteiger charge is 1.95. The predicted molar refractivity (Wildman–Crippen MR) is 60.0 cm³/mol. The number of aromatic hydroxyl groups is 1. The van der Waals surface area contributed by atoms with Gasteiger partial charge in [-0.05, 0) is 36.8 Å². The van der Waals surface area contributed by atoms with Gasteiger partial charge in [0.15, 0.2) is 0 Å². The van der Waals surface area contributed by atoms with Crippen molar-refractivity contribution in [3.05, 3.63) is 34.8 Å². The first-order valence-corrected chi connectivity index (χ1v) is 5.19. The van der Waals surface area contributed by atoms with Crippen molar-refractivity contribution < 1.29 is 5.11 Å². The zero-order valence-corrected chi connectivity index (χ0v) is 8.90. The molecule has 0 aliphatic rings. The van der Waals surface area contributed by atoms with Crippen LogP contribution in [0.5, 0.6) is 5.75 Å². The quantitative estimate of drug-likeness (QED) is 0.788. The van der Waals surface area contributed by atoms with Crippen LogP contribution in [0.1, 0.15) is 10.6 Å². The van der Waals surface area contributed by atoms with Gasteiger partial charge >= 0.3 is 0 Å². The van der Waals surface area contributed by atoms with Crippen LogP contribution < -0.4 is 0 Å². The Morgan fingerprint density at radius 1 is 1.27 bits per heavy atom. The number of phenolic OH excluding ortho intramolecular Hbond substituents is 1. The summed E-state index contributed by atoms with van der Waals surface area (Å²) >= 11 is 1.44. The first-order valence-electron chi connectivity index (χ1n) is 4.37. The van der Waals surface area contributed by atoms with Gasteiger partial charge in [-0.15, -0.1) is 10.2 Å². The normalized spacial score (nSPS) is 11.0. The number of hydrogen-bond donors (Lipinski definition) is 1. The van der Waals surface area contributed by atoms with Crippen LogP contribution in [0.25, 0.3) is 0 Å². The summed E-state index contributed by atoms with van der Waals surface area (Å²) in [6.45, 7) is 1.89. The van der Waals surface area contributed by atoms with Gasteiger partial charge in [-0.25, -0.2) is 4.99 Å². The fraction of sp³-hybridized carbons (Fsp3) is 0.100. The lowest BCUT2D eigenvalue weighted by molar-refractivity contribution is 0.475. The Kier molecular flexibility index (Phi) is 2.73. The van der Waals surface area contributed by atoms with E-state index in [1.54, 1.807) is 30.5 Å². The third kappa shape index (κ3) is 2.60. The second kappa shape index (κ2) is 4.18. The van der Waals surface area contributed by atoms with Crippen molar-refractivity contribution in [2.75, 3.05) is 0 Å². The van der Waals surface area contributed by atoms with Gasteiger partial charge in [-0.2, -0.15) is 0 Å². The highest BCUT2D eigenvalue weighted by Crippen LogP contribution is 2.17. The molecule has 1 heterocycles. The topological polar surface area (TPSA) is 58.4 Å². The Balaban J connectivity index is 2.14. The Labute approximate surface area is 91.0 Å². The van der Waals surface area contributed by atoms with E-state index >= 15 is 0 Å². The van der Waals surface area contributed by atoms with E-state index in [0.717, 1.165) is 10.6 Å². The molecule has 0 aliphatic heterocycles. The molecule has 1 aromatic carbocycles. The van der Waals surface area contributed by atoms with E-state index in [2.05, 4.69) is 15.2 Å². The lowest BCUT2D eigenvalue weighted by Gasteiger charge is -1.91. The van der Waals surface area contributed by atoms with Crippen molar-refractivity contribution in [1.82, 2.24) is 10.2 Å². The molecule has 2 aromatic rings. The molecule has 0 aliphatic carbocycles. The summed E-state index contributed by atoms with van der Waals surface area (Å²) in [5, 5.41) is 18.3. The largest absolute Gasteiger partial charge is 0.508 e. The third-order valence-corrected chi connectivity index (χ3v) is 2.48. The first kappa shape index (κ1) is 9.79. The average molecular weight is 219 g/mol. The summed E-state index contributed by atoms with van der Waals surface area (Å²) in [6.07, 6.45) is 1.69. The van der Waals surface area contributed by atoms with Crippen molar-refractivity contribution in [2.45, 2.75) is 6.92 Å². The van der Waals surface area contributed by atoms with Crippen LogP contribution in [0.4, 0.5) is 5.13 Å². The van der Waals surface area contributed by atoms with Gasteiger partial charge in [0.25, 0.3) is 0 Å². The van der Waals surface area contributed by atoms with E-state index in [1.807, 2.05) is 6.92 Å². The fourth-order valence-corrected chi connectivity index (χ4v) is 1.56. The lowest BCUT2D eigenvalue weighted by atomic mass is 10.2. The molecule has 0 atom stereocenters. The zero-order chi connectivity index (χ0) is 10.7. The summed E-state index contributed by atoms with van der Waals surface area (Å²) in [7, 11) is 0. The molecule has 0 amide bonds. The molecule has 0 radical (unpaired) electrons. The van der Waals surface area contributed by atoms with Crippen LogP contribution in [0.3, 0.4) is 0 Å². The molecule has 1 aromatic heterocycles. The molecule has 4 nitrogen and oxygen atoms in total. The summed E-state index contributed by atoms with van der Waals surface area (Å²) in [6, 6.07) is 6.80. The fourth-order valence-electron chi connectivity index (χ4n) is 1.03. The van der Waals surface area contributed by atoms with Gasteiger partial charge in [-0.3, -0.25) is 0 Å². The van der Waals surface area contributed by atoms with Crippen LogP contribution in [0.15, 0.2) is 29.3 Å². The monoisotopic (exact) mass is 219 g/mol. The van der Waals surface area contributed by atoms with Crippen LogP contribution >= 0.6 is 11.3 Å². The summed E-state index contributed by atoms with van der Waals surface area (Å²) in [5.74, 6) is 0.249. The first-order chi connectivity index (χ1) is 7.24. The van der Waals surface area contributed by atoms with E-state index in [9.17, 15) is 0 Å². The van der Waals surface area contributed by atoms with Gasteiger partial charge in [-0.1, -0.05) is 11.3 Å². The van der Waals surface area contributed by atoms with Crippen LogP contribution in [0.2, 0.25) is 0 Å². The smallest absolute Gasteiger partial charge is 0.231 e.